The summed E-state index contributed by atoms with van der Waals surface area (Å²) in [5, 5.41) is 4.54. The Labute approximate surface area is 279 Å². The molecule has 10 aromatic rings. The normalized spacial score (nSPS) is 11.8. The highest BCUT2D eigenvalue weighted by molar-refractivity contribution is 7.26. The fourth-order valence-electron chi connectivity index (χ4n) is 6.93. The van der Waals surface area contributed by atoms with Crippen LogP contribution in [0.5, 0.6) is 0 Å². The number of aromatic nitrogens is 1. The quantitative estimate of drug-likeness (QED) is 0.189. The molecule has 0 spiro atoms. The molecule has 226 valence electrons. The van der Waals surface area contributed by atoms with Crippen LogP contribution in [0.25, 0.3) is 75.8 Å². The summed E-state index contributed by atoms with van der Waals surface area (Å²) in [6, 6.07) is 54.8. The molecular weight excluding hydrogens is 609 g/mol. The Morgan fingerprint density at radius 2 is 1.19 bits per heavy atom. The summed E-state index contributed by atoms with van der Waals surface area (Å²) in [4.78, 5) is 7.35. The van der Waals surface area contributed by atoms with Crippen LogP contribution in [0.4, 0.5) is 17.1 Å². The van der Waals surface area contributed by atoms with Crippen LogP contribution in [0.1, 0.15) is 0 Å². The number of fused-ring (bicyclic) bond motifs is 8. The van der Waals surface area contributed by atoms with E-state index in [-0.39, 0.29) is 0 Å². The van der Waals surface area contributed by atoms with Crippen molar-refractivity contribution in [2.75, 3.05) is 4.90 Å². The third kappa shape index (κ3) is 4.18. The van der Waals surface area contributed by atoms with Gasteiger partial charge in [0.25, 0.3) is 0 Å². The van der Waals surface area contributed by atoms with E-state index in [1.54, 1.807) is 0 Å². The fourth-order valence-corrected chi connectivity index (χ4v) is 8.17. The molecule has 0 fully saturated rings. The van der Waals surface area contributed by atoms with Crippen LogP contribution in [0.3, 0.4) is 0 Å². The van der Waals surface area contributed by atoms with Gasteiger partial charge in [0.05, 0.1) is 11.1 Å². The number of anilines is 3. The van der Waals surface area contributed by atoms with E-state index in [1.807, 2.05) is 59.9 Å². The topological polar surface area (TPSA) is 42.4 Å². The Bertz CT molecular complexity index is 2780. The summed E-state index contributed by atoms with van der Waals surface area (Å²) in [6.07, 6.45) is 0. The predicted octanol–water partition coefficient (Wildman–Crippen LogP) is 12.9. The average Bonchev–Trinajstić information content (AvgIpc) is 3.86. The monoisotopic (exact) mass is 634 g/mol. The Balaban J connectivity index is 1.16. The van der Waals surface area contributed by atoms with Gasteiger partial charge >= 0.3 is 0 Å². The van der Waals surface area contributed by atoms with Gasteiger partial charge in [-0.25, -0.2) is 4.98 Å². The molecule has 0 saturated carbocycles. The highest BCUT2D eigenvalue weighted by Crippen LogP contribution is 2.46. The van der Waals surface area contributed by atoms with E-state index in [2.05, 4.69) is 114 Å². The molecule has 48 heavy (non-hydrogen) atoms. The maximum absolute atomic E-state index is 6.47. The van der Waals surface area contributed by atoms with Crippen LogP contribution in [0, 0.1) is 0 Å². The second kappa shape index (κ2) is 10.7. The largest absolute Gasteiger partial charge is 0.456 e. The summed E-state index contributed by atoms with van der Waals surface area (Å²) < 4.78 is 15.2. The summed E-state index contributed by atoms with van der Waals surface area (Å²) >= 11 is 1.81. The van der Waals surface area contributed by atoms with Crippen molar-refractivity contribution in [2.45, 2.75) is 0 Å². The molecule has 0 amide bonds. The summed E-state index contributed by atoms with van der Waals surface area (Å²) in [5.74, 6) is 0.633. The summed E-state index contributed by atoms with van der Waals surface area (Å²) in [7, 11) is 0. The van der Waals surface area contributed by atoms with Crippen molar-refractivity contribution >= 4 is 81.6 Å². The van der Waals surface area contributed by atoms with Crippen molar-refractivity contribution in [1.29, 1.82) is 0 Å². The molecule has 5 heteroatoms. The van der Waals surface area contributed by atoms with Gasteiger partial charge in [0.2, 0.25) is 5.89 Å². The van der Waals surface area contributed by atoms with Crippen molar-refractivity contribution in [3.63, 3.8) is 0 Å². The minimum atomic E-state index is 0.633. The summed E-state index contributed by atoms with van der Waals surface area (Å²) in [6.45, 7) is 0. The van der Waals surface area contributed by atoms with Gasteiger partial charge in [0.1, 0.15) is 16.7 Å². The maximum Gasteiger partial charge on any atom is 0.227 e. The SMILES string of the molecule is c1ccc(-c2nc3c(cc(-c4ccc(N(c5ccccc5)c5cccc6oc7ccccc7c56)cc4)c4sc5ccccc5c43)o2)cc1. The van der Waals surface area contributed by atoms with E-state index in [4.69, 9.17) is 13.8 Å². The first-order chi connectivity index (χ1) is 23.8. The molecule has 3 aromatic heterocycles. The number of thiophene rings is 1. The number of para-hydroxylation sites is 2. The average molecular weight is 635 g/mol. The molecule has 0 N–H and O–H groups in total. The Kier molecular flexibility index (Phi) is 6.01. The first-order valence-corrected chi connectivity index (χ1v) is 16.8. The van der Waals surface area contributed by atoms with Gasteiger partial charge in [0.15, 0.2) is 5.58 Å². The second-order valence-electron chi connectivity index (χ2n) is 11.9. The Morgan fingerprint density at radius 3 is 2.02 bits per heavy atom. The summed E-state index contributed by atoms with van der Waals surface area (Å²) in [5.41, 5.74) is 9.86. The predicted molar refractivity (Wildman–Crippen MR) is 200 cm³/mol. The van der Waals surface area contributed by atoms with Crippen LogP contribution in [-0.4, -0.2) is 4.98 Å². The van der Waals surface area contributed by atoms with E-state index in [1.165, 1.54) is 14.8 Å². The van der Waals surface area contributed by atoms with E-state index in [9.17, 15) is 0 Å². The third-order valence-electron chi connectivity index (χ3n) is 9.10. The lowest BCUT2D eigenvalue weighted by atomic mass is 10.0. The van der Waals surface area contributed by atoms with Gasteiger partial charge in [0, 0.05) is 48.1 Å². The lowest BCUT2D eigenvalue weighted by Crippen LogP contribution is -2.10. The van der Waals surface area contributed by atoms with Gasteiger partial charge in [-0.15, -0.1) is 11.3 Å². The highest BCUT2D eigenvalue weighted by Gasteiger charge is 2.22. The van der Waals surface area contributed by atoms with Crippen molar-refractivity contribution in [3.8, 4) is 22.6 Å². The van der Waals surface area contributed by atoms with Crippen LogP contribution >= 0.6 is 11.3 Å². The maximum atomic E-state index is 6.47. The molecule has 0 saturated heterocycles. The highest BCUT2D eigenvalue weighted by atomic mass is 32.1. The zero-order valence-electron chi connectivity index (χ0n) is 25.6. The first kappa shape index (κ1) is 27.0. The van der Waals surface area contributed by atoms with E-state index < -0.39 is 0 Å². The molecule has 0 radical (unpaired) electrons. The lowest BCUT2D eigenvalue weighted by Gasteiger charge is -2.26. The van der Waals surface area contributed by atoms with Crippen molar-refractivity contribution < 1.29 is 8.83 Å². The van der Waals surface area contributed by atoms with Crippen molar-refractivity contribution in [1.82, 2.24) is 4.98 Å². The molecule has 3 heterocycles. The number of hydrogen-bond acceptors (Lipinski definition) is 5. The van der Waals surface area contributed by atoms with Gasteiger partial charge in [-0.05, 0) is 72.3 Å². The molecule has 0 atom stereocenters. The first-order valence-electron chi connectivity index (χ1n) is 16.0. The number of rotatable bonds is 5. The van der Waals surface area contributed by atoms with E-state index in [0.717, 1.165) is 72.2 Å². The minimum Gasteiger partial charge on any atom is -0.456 e. The molecule has 0 aliphatic carbocycles. The van der Waals surface area contributed by atoms with Gasteiger partial charge in [-0.2, -0.15) is 0 Å². The molecular formula is C43H26N2O2S. The van der Waals surface area contributed by atoms with Gasteiger partial charge in [-0.1, -0.05) is 91.0 Å². The zero-order chi connectivity index (χ0) is 31.6. The van der Waals surface area contributed by atoms with Crippen LogP contribution in [0.2, 0.25) is 0 Å². The minimum absolute atomic E-state index is 0.633. The number of benzene rings is 7. The van der Waals surface area contributed by atoms with Gasteiger partial charge < -0.3 is 13.7 Å². The molecule has 7 aromatic carbocycles. The fraction of sp³-hybridized carbons (Fsp3) is 0. The molecule has 0 unspecified atom stereocenters. The number of nitrogens with zero attached hydrogens (tertiary/aromatic N) is 2. The van der Waals surface area contributed by atoms with E-state index >= 15 is 0 Å². The lowest BCUT2D eigenvalue weighted by molar-refractivity contribution is 0.620. The van der Waals surface area contributed by atoms with Gasteiger partial charge in [-0.3, -0.25) is 0 Å². The molecule has 4 nitrogen and oxygen atoms in total. The second-order valence-corrected chi connectivity index (χ2v) is 13.0. The molecule has 10 rings (SSSR count). The number of oxazole rings is 1. The number of hydrogen-bond donors (Lipinski definition) is 0. The molecule has 0 aliphatic rings. The van der Waals surface area contributed by atoms with Crippen LogP contribution in [-0.2, 0) is 0 Å². The smallest absolute Gasteiger partial charge is 0.227 e. The van der Waals surface area contributed by atoms with Crippen LogP contribution < -0.4 is 4.90 Å². The Hall–Kier alpha value is -6.17. The Morgan fingerprint density at radius 1 is 0.500 bits per heavy atom. The van der Waals surface area contributed by atoms with Crippen molar-refractivity contribution in [3.05, 3.63) is 158 Å². The zero-order valence-corrected chi connectivity index (χ0v) is 26.4. The molecule has 0 bridgehead atoms. The van der Waals surface area contributed by atoms with Crippen molar-refractivity contribution in [2.24, 2.45) is 0 Å². The third-order valence-corrected chi connectivity index (χ3v) is 10.3. The van der Waals surface area contributed by atoms with E-state index in [0.29, 0.717) is 5.89 Å². The standard InChI is InChI=1S/C43H26N2O2S/c1-3-12-28(13-4-1)43-44-41-37(47-43)26-33(42-40(41)32-17-8-10-21-38(32)48-42)27-22-24-30(25-23-27)45(29-14-5-2-6-15-29)34-18-11-20-36-39(34)31-16-7-9-19-35(31)46-36/h1-26H. The number of furan rings is 1. The molecule has 0 aliphatic heterocycles. The van der Waals surface area contributed by atoms with Crippen LogP contribution in [0.15, 0.2) is 167 Å².